The molecule has 2 fully saturated rings. The SMILES string of the molecule is C=C1[C@@H](OC(C)=O)C[C@@H]2[C@](C)(CO[Si](C)(C)C(C)(C)C)[C@H](OC(C)=O)CC[C@@]2(C)[C@@H]1C[C@@H](Nc1ccc(C(=O)O)cc1)C1=CCOC1=O. The number of fused-ring (bicyclic) bond motifs is 1. The average Bonchev–Trinajstić information content (AvgIpc) is 3.41. The summed E-state index contributed by atoms with van der Waals surface area (Å²) < 4.78 is 24.2. The molecule has 0 saturated heterocycles. The number of aromatic carboxylic acids is 1. The third-order valence-corrected chi connectivity index (χ3v) is 16.1. The molecule has 7 atom stereocenters. The highest BCUT2D eigenvalue weighted by atomic mass is 28.4. The average molecular weight is 684 g/mol. The molecule has 0 aromatic heterocycles. The summed E-state index contributed by atoms with van der Waals surface area (Å²) in [6.45, 7) is 23.3. The predicted octanol–water partition coefficient (Wildman–Crippen LogP) is 6.92. The zero-order chi connectivity index (χ0) is 35.8. The second-order valence-corrected chi connectivity index (χ2v) is 20.6. The van der Waals surface area contributed by atoms with E-state index in [1.165, 1.54) is 26.0 Å². The summed E-state index contributed by atoms with van der Waals surface area (Å²) in [7, 11) is -2.22. The van der Waals surface area contributed by atoms with Crippen molar-refractivity contribution in [2.75, 3.05) is 18.5 Å². The van der Waals surface area contributed by atoms with Gasteiger partial charge in [-0.05, 0) is 97.0 Å². The standard InChI is InChI=1S/C37H53NO9Si/c1-22-28(19-29(27-16-18-44-34(27)43)38-26-13-11-25(12-14-26)33(41)42)36(7)17-15-32(47-24(3)40)37(8,21-45-48(9,10)35(4,5)6)31(36)20-30(22)46-23(2)39/h11-14,16,28-32,38H,1,15,17-21H2,2-10H3,(H,41,42)/t28-,29-,30+,31+,32-,36+,37+/m1/s1. The maximum Gasteiger partial charge on any atom is 0.336 e. The fourth-order valence-electron chi connectivity index (χ4n) is 7.85. The van der Waals surface area contributed by atoms with Crippen molar-refractivity contribution in [3.8, 4) is 0 Å². The molecule has 264 valence electrons. The van der Waals surface area contributed by atoms with Gasteiger partial charge < -0.3 is 29.1 Å². The molecular weight excluding hydrogens is 630 g/mol. The number of hydrogen-bond donors (Lipinski definition) is 2. The Morgan fingerprint density at radius 3 is 2.25 bits per heavy atom. The van der Waals surface area contributed by atoms with E-state index in [2.05, 4.69) is 59.6 Å². The molecule has 1 aromatic rings. The molecule has 48 heavy (non-hydrogen) atoms. The third kappa shape index (κ3) is 7.57. The van der Waals surface area contributed by atoms with E-state index >= 15 is 0 Å². The number of benzene rings is 1. The van der Waals surface area contributed by atoms with Crippen LogP contribution in [0.15, 0.2) is 48.1 Å². The first-order valence-electron chi connectivity index (χ1n) is 16.8. The molecule has 1 heterocycles. The maximum absolute atomic E-state index is 13.0. The van der Waals surface area contributed by atoms with E-state index in [4.69, 9.17) is 18.6 Å². The van der Waals surface area contributed by atoms with E-state index in [0.29, 0.717) is 43.6 Å². The van der Waals surface area contributed by atoms with Gasteiger partial charge in [0.2, 0.25) is 0 Å². The molecule has 1 aliphatic heterocycles. The van der Waals surface area contributed by atoms with Crippen molar-refractivity contribution in [3.63, 3.8) is 0 Å². The van der Waals surface area contributed by atoms with Crippen LogP contribution < -0.4 is 5.32 Å². The monoisotopic (exact) mass is 683 g/mol. The zero-order valence-corrected chi connectivity index (χ0v) is 30.9. The van der Waals surface area contributed by atoms with Crippen LogP contribution in [0.2, 0.25) is 18.1 Å². The van der Waals surface area contributed by atoms with Crippen LogP contribution in [0.3, 0.4) is 0 Å². The molecule has 2 N–H and O–H groups in total. The number of nitrogens with one attached hydrogen (secondary N) is 1. The fourth-order valence-corrected chi connectivity index (χ4v) is 8.95. The third-order valence-electron chi connectivity index (χ3n) is 11.6. The number of carboxylic acid groups (broad SMARTS) is 1. The molecule has 4 rings (SSSR count). The number of cyclic esters (lactones) is 1. The molecule has 3 aliphatic rings. The maximum atomic E-state index is 13.0. The fraction of sp³-hybridized carbons (Fsp3) is 0.622. The van der Waals surface area contributed by atoms with Crippen molar-refractivity contribution >= 4 is 37.9 Å². The Balaban J connectivity index is 1.79. The van der Waals surface area contributed by atoms with Crippen molar-refractivity contribution in [1.82, 2.24) is 0 Å². The Kier molecular flexibility index (Phi) is 10.8. The van der Waals surface area contributed by atoms with Crippen LogP contribution in [0.25, 0.3) is 0 Å². The van der Waals surface area contributed by atoms with Crippen molar-refractivity contribution in [2.45, 2.75) is 111 Å². The minimum atomic E-state index is -2.22. The lowest BCUT2D eigenvalue weighted by Crippen LogP contribution is -2.62. The minimum Gasteiger partial charge on any atom is -0.478 e. The normalized spacial score (nSPS) is 29.6. The van der Waals surface area contributed by atoms with E-state index in [-0.39, 0.29) is 35.0 Å². The van der Waals surface area contributed by atoms with Crippen LogP contribution in [-0.2, 0) is 33.0 Å². The van der Waals surface area contributed by atoms with Crippen molar-refractivity contribution in [3.05, 3.63) is 53.6 Å². The number of ether oxygens (including phenoxy) is 3. The lowest BCUT2D eigenvalue weighted by atomic mass is 9.45. The van der Waals surface area contributed by atoms with E-state index in [1.807, 2.05) is 0 Å². The zero-order valence-electron chi connectivity index (χ0n) is 29.9. The molecular formula is C37H53NO9Si. The lowest BCUT2D eigenvalue weighted by Gasteiger charge is -2.62. The Morgan fingerprint density at radius 1 is 1.10 bits per heavy atom. The van der Waals surface area contributed by atoms with Crippen LogP contribution in [-0.4, -0.2) is 68.8 Å². The van der Waals surface area contributed by atoms with E-state index in [1.54, 1.807) is 18.2 Å². The van der Waals surface area contributed by atoms with Gasteiger partial charge in [-0.25, -0.2) is 9.59 Å². The molecule has 0 spiro atoms. The molecule has 2 saturated carbocycles. The van der Waals surface area contributed by atoms with Crippen LogP contribution in [0, 0.1) is 22.7 Å². The summed E-state index contributed by atoms with van der Waals surface area (Å²) in [4.78, 5) is 49.4. The topological polar surface area (TPSA) is 137 Å². The Labute approximate surface area is 285 Å². The molecule has 0 unspecified atom stereocenters. The summed E-state index contributed by atoms with van der Waals surface area (Å²) >= 11 is 0. The van der Waals surface area contributed by atoms with E-state index < -0.39 is 55.3 Å². The summed E-state index contributed by atoms with van der Waals surface area (Å²) in [6, 6.07) is 5.88. The molecule has 0 amide bonds. The van der Waals surface area contributed by atoms with Crippen LogP contribution in [0.5, 0.6) is 0 Å². The minimum absolute atomic E-state index is 0.0346. The molecule has 1 aromatic carbocycles. The van der Waals surface area contributed by atoms with Crippen molar-refractivity contribution < 1.29 is 42.9 Å². The number of anilines is 1. The van der Waals surface area contributed by atoms with E-state index in [9.17, 15) is 24.3 Å². The summed E-state index contributed by atoms with van der Waals surface area (Å²) in [5.41, 5.74) is 1.05. The van der Waals surface area contributed by atoms with Gasteiger partial charge in [0.15, 0.2) is 8.32 Å². The van der Waals surface area contributed by atoms with Gasteiger partial charge in [0.05, 0.1) is 17.2 Å². The number of carbonyl (C=O) groups is 4. The van der Waals surface area contributed by atoms with Gasteiger partial charge in [0.25, 0.3) is 0 Å². The van der Waals surface area contributed by atoms with Gasteiger partial charge in [-0.1, -0.05) is 41.2 Å². The highest BCUT2D eigenvalue weighted by Gasteiger charge is 2.62. The van der Waals surface area contributed by atoms with Gasteiger partial charge in [0.1, 0.15) is 18.8 Å². The molecule has 10 nitrogen and oxygen atoms in total. The number of carbonyl (C=O) groups excluding carboxylic acids is 3. The largest absolute Gasteiger partial charge is 0.478 e. The highest BCUT2D eigenvalue weighted by Crippen LogP contribution is 2.63. The Hall–Kier alpha value is -3.44. The smallest absolute Gasteiger partial charge is 0.336 e. The Morgan fingerprint density at radius 2 is 1.73 bits per heavy atom. The van der Waals surface area contributed by atoms with Gasteiger partial charge in [-0.2, -0.15) is 0 Å². The van der Waals surface area contributed by atoms with Crippen molar-refractivity contribution in [2.24, 2.45) is 22.7 Å². The molecule has 0 bridgehead atoms. The van der Waals surface area contributed by atoms with Gasteiger partial charge >= 0.3 is 23.9 Å². The summed E-state index contributed by atoms with van der Waals surface area (Å²) in [5.74, 6) is -2.53. The van der Waals surface area contributed by atoms with Gasteiger partial charge in [0, 0.05) is 31.6 Å². The van der Waals surface area contributed by atoms with Gasteiger partial charge in [-0.15, -0.1) is 0 Å². The quantitative estimate of drug-likeness (QED) is 0.109. The highest BCUT2D eigenvalue weighted by molar-refractivity contribution is 6.74. The lowest BCUT2D eigenvalue weighted by molar-refractivity contribution is -0.193. The molecule has 0 radical (unpaired) electrons. The summed E-state index contributed by atoms with van der Waals surface area (Å²) in [5, 5.41) is 12.8. The second-order valence-electron chi connectivity index (χ2n) is 15.8. The Bertz CT molecular complexity index is 1460. The van der Waals surface area contributed by atoms with Crippen molar-refractivity contribution in [1.29, 1.82) is 0 Å². The van der Waals surface area contributed by atoms with Crippen LogP contribution >= 0.6 is 0 Å². The first-order chi connectivity index (χ1) is 22.2. The first-order valence-corrected chi connectivity index (χ1v) is 19.7. The number of rotatable bonds is 11. The summed E-state index contributed by atoms with van der Waals surface area (Å²) in [6.07, 6.45) is 3.04. The second kappa shape index (κ2) is 13.8. The first kappa shape index (κ1) is 37.4. The predicted molar refractivity (Wildman–Crippen MR) is 185 cm³/mol. The molecule has 11 heteroatoms. The molecule has 2 aliphatic carbocycles. The van der Waals surface area contributed by atoms with Crippen LogP contribution in [0.1, 0.15) is 84.5 Å². The van der Waals surface area contributed by atoms with E-state index in [0.717, 1.165) is 5.57 Å². The number of hydrogen-bond acceptors (Lipinski definition) is 9. The van der Waals surface area contributed by atoms with Gasteiger partial charge in [-0.3, -0.25) is 9.59 Å². The number of esters is 3. The number of carboxylic acids is 1. The van der Waals surface area contributed by atoms with Crippen LogP contribution in [0.4, 0.5) is 5.69 Å².